The van der Waals surface area contributed by atoms with E-state index in [9.17, 15) is 0 Å². The highest BCUT2D eigenvalue weighted by atomic mass is 16.5. The minimum atomic E-state index is 0.578. The molecule has 0 bridgehead atoms. The Morgan fingerprint density at radius 1 is 1.23 bits per heavy atom. The lowest BCUT2D eigenvalue weighted by Gasteiger charge is -2.38. The van der Waals surface area contributed by atoms with Crippen LogP contribution >= 0.6 is 0 Å². The van der Waals surface area contributed by atoms with Gasteiger partial charge >= 0.3 is 0 Å². The van der Waals surface area contributed by atoms with Gasteiger partial charge in [0.2, 0.25) is 5.89 Å². The largest absolute Gasteiger partial charge is 0.497 e. The number of likely N-dealkylation sites (N-methyl/N-ethyl adjacent to an activating group) is 1. The highest BCUT2D eigenvalue weighted by Crippen LogP contribution is 2.34. The van der Waals surface area contributed by atoms with Gasteiger partial charge in [0.1, 0.15) is 17.3 Å². The summed E-state index contributed by atoms with van der Waals surface area (Å²) in [5.74, 6) is 2.92. The zero-order valence-corrected chi connectivity index (χ0v) is 16.4. The molecule has 0 unspecified atom stereocenters. The second-order valence-corrected chi connectivity index (χ2v) is 6.87. The van der Waals surface area contributed by atoms with Gasteiger partial charge in [-0.25, -0.2) is 4.98 Å². The average molecular weight is 359 g/mol. The number of methoxy groups -OCH3 is 2. The predicted octanol–water partition coefficient (Wildman–Crippen LogP) is 3.19. The van der Waals surface area contributed by atoms with Crippen LogP contribution in [0.4, 0.5) is 0 Å². The van der Waals surface area contributed by atoms with E-state index in [1.54, 1.807) is 14.2 Å². The van der Waals surface area contributed by atoms with Crippen LogP contribution in [0, 0.1) is 6.92 Å². The second kappa shape index (κ2) is 8.10. The molecule has 0 saturated carbocycles. The topological polar surface area (TPSA) is 51.0 Å². The molecule has 2 aromatic rings. The Morgan fingerprint density at radius 2 is 2.04 bits per heavy atom. The smallest absolute Gasteiger partial charge is 0.230 e. The zero-order chi connectivity index (χ0) is 18.7. The Hall–Kier alpha value is -2.05. The van der Waals surface area contributed by atoms with Gasteiger partial charge < -0.3 is 18.8 Å². The quantitative estimate of drug-likeness (QED) is 0.789. The van der Waals surface area contributed by atoms with Crippen molar-refractivity contribution in [2.24, 2.45) is 0 Å². The third-order valence-corrected chi connectivity index (χ3v) is 5.24. The molecule has 26 heavy (non-hydrogen) atoms. The van der Waals surface area contributed by atoms with Crippen LogP contribution in [0.15, 0.2) is 22.6 Å². The molecule has 0 aliphatic carbocycles. The van der Waals surface area contributed by atoms with Gasteiger partial charge in [0.25, 0.3) is 0 Å². The number of ether oxygens (including phenoxy) is 2. The van der Waals surface area contributed by atoms with Crippen LogP contribution in [0.25, 0.3) is 11.5 Å². The van der Waals surface area contributed by atoms with E-state index in [-0.39, 0.29) is 0 Å². The number of hydrogen-bond acceptors (Lipinski definition) is 6. The number of nitrogens with zero attached hydrogens (tertiary/aromatic N) is 3. The summed E-state index contributed by atoms with van der Waals surface area (Å²) in [4.78, 5) is 9.68. The summed E-state index contributed by atoms with van der Waals surface area (Å²) in [5, 5.41) is 0. The van der Waals surface area contributed by atoms with Crippen LogP contribution < -0.4 is 9.47 Å². The fourth-order valence-electron chi connectivity index (χ4n) is 3.48. The van der Waals surface area contributed by atoms with Gasteiger partial charge in [-0.3, -0.25) is 4.90 Å². The van der Waals surface area contributed by atoms with E-state index in [0.29, 0.717) is 11.9 Å². The fourth-order valence-corrected chi connectivity index (χ4v) is 3.48. The summed E-state index contributed by atoms with van der Waals surface area (Å²) >= 11 is 0. The first kappa shape index (κ1) is 18.7. The van der Waals surface area contributed by atoms with Crippen LogP contribution in [0.5, 0.6) is 11.5 Å². The van der Waals surface area contributed by atoms with Gasteiger partial charge in [0, 0.05) is 32.2 Å². The molecular weight excluding hydrogens is 330 g/mol. The molecule has 142 valence electrons. The summed E-state index contributed by atoms with van der Waals surface area (Å²) in [6.45, 7) is 8.25. The van der Waals surface area contributed by atoms with Crippen LogP contribution in [0.3, 0.4) is 0 Å². The molecule has 0 radical (unpaired) electrons. The maximum atomic E-state index is 5.97. The van der Waals surface area contributed by atoms with E-state index in [2.05, 4.69) is 23.8 Å². The first-order valence-electron chi connectivity index (χ1n) is 9.17. The number of benzene rings is 1. The molecule has 6 heteroatoms. The van der Waals surface area contributed by atoms with Crippen LogP contribution in [0.1, 0.15) is 24.8 Å². The van der Waals surface area contributed by atoms with Crippen molar-refractivity contribution in [3.8, 4) is 23.0 Å². The number of piperazine rings is 1. The first-order valence-corrected chi connectivity index (χ1v) is 9.17. The van der Waals surface area contributed by atoms with Crippen molar-refractivity contribution >= 4 is 0 Å². The first-order chi connectivity index (χ1) is 12.5. The molecule has 1 fully saturated rings. The van der Waals surface area contributed by atoms with E-state index in [0.717, 1.165) is 61.1 Å². The number of rotatable bonds is 6. The lowest BCUT2D eigenvalue weighted by Crippen LogP contribution is -2.50. The van der Waals surface area contributed by atoms with Crippen LogP contribution in [-0.2, 0) is 6.54 Å². The van der Waals surface area contributed by atoms with Crippen LogP contribution in [0.2, 0.25) is 0 Å². The normalized spacial score (nSPS) is 18.9. The van der Waals surface area contributed by atoms with Gasteiger partial charge in [-0.1, -0.05) is 6.92 Å². The van der Waals surface area contributed by atoms with E-state index in [1.165, 1.54) is 0 Å². The molecule has 1 aromatic heterocycles. The van der Waals surface area contributed by atoms with E-state index < -0.39 is 0 Å². The van der Waals surface area contributed by atoms with Crippen LogP contribution in [-0.4, -0.2) is 61.7 Å². The van der Waals surface area contributed by atoms with Gasteiger partial charge in [-0.15, -0.1) is 0 Å². The third kappa shape index (κ3) is 3.86. The molecule has 6 nitrogen and oxygen atoms in total. The predicted molar refractivity (Wildman–Crippen MR) is 102 cm³/mol. The molecule has 1 aliphatic heterocycles. The summed E-state index contributed by atoms with van der Waals surface area (Å²) in [6.07, 6.45) is 1.16. The molecule has 0 amide bonds. The number of oxazole rings is 1. The average Bonchev–Trinajstić information content (AvgIpc) is 3.03. The van der Waals surface area contributed by atoms with Crippen molar-refractivity contribution in [2.45, 2.75) is 32.9 Å². The molecule has 3 rings (SSSR count). The lowest BCUT2D eigenvalue weighted by atomic mass is 10.1. The molecule has 1 atom stereocenters. The van der Waals surface area contributed by atoms with E-state index in [4.69, 9.17) is 18.9 Å². The minimum Gasteiger partial charge on any atom is -0.497 e. The third-order valence-electron chi connectivity index (χ3n) is 5.24. The van der Waals surface area contributed by atoms with Crippen molar-refractivity contribution in [1.82, 2.24) is 14.8 Å². The number of aryl methyl sites for hydroxylation is 1. The summed E-state index contributed by atoms with van der Waals surface area (Å²) in [6, 6.07) is 6.25. The Labute approximate surface area is 155 Å². The Bertz CT molecular complexity index is 744. The van der Waals surface area contributed by atoms with Gasteiger partial charge in [0.05, 0.1) is 25.5 Å². The van der Waals surface area contributed by atoms with Crippen molar-refractivity contribution in [2.75, 3.05) is 40.9 Å². The minimum absolute atomic E-state index is 0.578. The molecule has 1 saturated heterocycles. The Kier molecular flexibility index (Phi) is 5.84. The summed E-state index contributed by atoms with van der Waals surface area (Å²) in [7, 11) is 5.51. The van der Waals surface area contributed by atoms with Gasteiger partial charge in [-0.05, 0) is 38.6 Å². The lowest BCUT2D eigenvalue weighted by molar-refractivity contribution is 0.0873. The zero-order valence-electron chi connectivity index (χ0n) is 16.4. The maximum Gasteiger partial charge on any atom is 0.230 e. The summed E-state index contributed by atoms with van der Waals surface area (Å²) in [5.41, 5.74) is 1.80. The molecule has 1 aliphatic rings. The Morgan fingerprint density at radius 3 is 2.73 bits per heavy atom. The van der Waals surface area contributed by atoms with Gasteiger partial charge in [0.15, 0.2) is 0 Å². The number of aromatic nitrogens is 1. The molecule has 0 N–H and O–H groups in total. The SMILES string of the molecule is CC[C@H]1CN(Cc2nc(-c3cc(OC)ccc3OC)oc2C)CCN1C. The summed E-state index contributed by atoms with van der Waals surface area (Å²) < 4.78 is 16.8. The highest BCUT2D eigenvalue weighted by Gasteiger charge is 2.25. The van der Waals surface area contributed by atoms with Crippen molar-refractivity contribution in [3.63, 3.8) is 0 Å². The van der Waals surface area contributed by atoms with E-state index >= 15 is 0 Å². The Balaban J connectivity index is 1.82. The standard InChI is InChI=1S/C20H29N3O3/c1-6-15-12-23(10-9-22(15)3)13-18-14(2)26-20(21-18)17-11-16(24-4)7-8-19(17)25-5/h7-8,11,15H,6,9-10,12-13H2,1-5H3/t15-/m0/s1. The monoisotopic (exact) mass is 359 g/mol. The molecular formula is C20H29N3O3. The number of hydrogen-bond donors (Lipinski definition) is 0. The molecule has 2 heterocycles. The fraction of sp³-hybridized carbons (Fsp3) is 0.550. The van der Waals surface area contributed by atoms with Gasteiger partial charge in [-0.2, -0.15) is 0 Å². The second-order valence-electron chi connectivity index (χ2n) is 6.87. The molecule has 1 aromatic carbocycles. The maximum absolute atomic E-state index is 5.97. The van der Waals surface area contributed by atoms with E-state index in [1.807, 2.05) is 25.1 Å². The van der Waals surface area contributed by atoms with Crippen molar-refractivity contribution < 1.29 is 13.9 Å². The molecule has 0 spiro atoms. The van der Waals surface area contributed by atoms with Crippen molar-refractivity contribution in [3.05, 3.63) is 29.7 Å². The van der Waals surface area contributed by atoms with Crippen molar-refractivity contribution in [1.29, 1.82) is 0 Å². The highest BCUT2D eigenvalue weighted by molar-refractivity contribution is 5.65.